The molecule has 0 fully saturated rings. The van der Waals surface area contributed by atoms with E-state index in [2.05, 4.69) is 20.3 Å². The Hall–Kier alpha value is -2.63. The zero-order chi connectivity index (χ0) is 13.4. The maximum absolute atomic E-state index is 13.5. The number of halogens is 1. The molecule has 1 aromatic heterocycles. The fraction of sp³-hybridized carbons (Fsp3) is 0.0769. The molecular formula is C13H11FN4O. The van der Waals surface area contributed by atoms with E-state index >= 15 is 0 Å². The molecular weight excluding hydrogens is 247 g/mol. The number of benzene rings is 2. The van der Waals surface area contributed by atoms with E-state index in [1.54, 1.807) is 31.2 Å². The van der Waals surface area contributed by atoms with E-state index < -0.39 is 0 Å². The van der Waals surface area contributed by atoms with Crippen molar-refractivity contribution < 1.29 is 9.02 Å². The summed E-state index contributed by atoms with van der Waals surface area (Å²) in [6.45, 7) is 1.71. The van der Waals surface area contributed by atoms with Crippen molar-refractivity contribution in [3.8, 4) is 0 Å². The molecule has 5 nitrogen and oxygen atoms in total. The van der Waals surface area contributed by atoms with Crippen molar-refractivity contribution in [2.45, 2.75) is 6.92 Å². The number of fused-ring (bicyclic) bond motifs is 1. The zero-order valence-corrected chi connectivity index (χ0v) is 10.1. The standard InChI is InChI=1S/C13H11FN4O/c1-7-2-3-8(6-9(7)14)16-11-5-4-10(15)12-13(11)18-19-17-12/h2-6,16H,15H2,1H3. The van der Waals surface area contributed by atoms with Gasteiger partial charge >= 0.3 is 0 Å². The third-order valence-corrected chi connectivity index (χ3v) is 2.90. The molecule has 0 atom stereocenters. The Bertz CT molecular complexity index is 753. The normalized spacial score (nSPS) is 10.8. The highest BCUT2D eigenvalue weighted by Gasteiger charge is 2.10. The van der Waals surface area contributed by atoms with Crippen LogP contribution in [0.1, 0.15) is 5.56 Å². The van der Waals surface area contributed by atoms with Crippen molar-refractivity contribution in [3.63, 3.8) is 0 Å². The van der Waals surface area contributed by atoms with Crippen LogP contribution in [0.3, 0.4) is 0 Å². The molecule has 3 N–H and O–H groups in total. The first-order valence-electron chi connectivity index (χ1n) is 5.69. The van der Waals surface area contributed by atoms with Crippen molar-refractivity contribution in [3.05, 3.63) is 41.7 Å². The monoisotopic (exact) mass is 258 g/mol. The van der Waals surface area contributed by atoms with Gasteiger partial charge in [0, 0.05) is 5.69 Å². The van der Waals surface area contributed by atoms with Crippen LogP contribution in [-0.2, 0) is 0 Å². The molecule has 0 unspecified atom stereocenters. The van der Waals surface area contributed by atoms with Crippen molar-refractivity contribution in [2.24, 2.45) is 0 Å². The average Bonchev–Trinajstić information content (AvgIpc) is 2.87. The van der Waals surface area contributed by atoms with Crippen LogP contribution in [0, 0.1) is 12.7 Å². The molecule has 96 valence electrons. The molecule has 1 heterocycles. The third-order valence-electron chi connectivity index (χ3n) is 2.90. The molecule has 19 heavy (non-hydrogen) atoms. The lowest BCUT2D eigenvalue weighted by atomic mass is 10.2. The van der Waals surface area contributed by atoms with Crippen LogP contribution in [0.4, 0.5) is 21.5 Å². The molecule has 0 bridgehead atoms. The van der Waals surface area contributed by atoms with Gasteiger partial charge in [-0.05, 0) is 47.1 Å². The molecule has 3 rings (SSSR count). The first-order valence-corrected chi connectivity index (χ1v) is 5.69. The van der Waals surface area contributed by atoms with E-state index in [9.17, 15) is 4.39 Å². The van der Waals surface area contributed by atoms with Gasteiger partial charge in [-0.25, -0.2) is 9.02 Å². The largest absolute Gasteiger partial charge is 0.397 e. The second-order valence-electron chi connectivity index (χ2n) is 4.25. The zero-order valence-electron chi connectivity index (χ0n) is 10.1. The summed E-state index contributed by atoms with van der Waals surface area (Å²) in [6, 6.07) is 8.35. The molecule has 6 heteroatoms. The van der Waals surface area contributed by atoms with Crippen LogP contribution in [-0.4, -0.2) is 10.3 Å². The van der Waals surface area contributed by atoms with Crippen molar-refractivity contribution in [1.29, 1.82) is 0 Å². The SMILES string of the molecule is Cc1ccc(Nc2ccc(N)c3nonc23)cc1F. The summed E-state index contributed by atoms with van der Waals surface area (Å²) in [4.78, 5) is 0. The highest BCUT2D eigenvalue weighted by Crippen LogP contribution is 2.28. The van der Waals surface area contributed by atoms with Crippen LogP contribution < -0.4 is 11.1 Å². The number of nitrogen functional groups attached to an aromatic ring is 1. The Balaban J connectivity index is 2.03. The molecule has 2 aromatic carbocycles. The van der Waals surface area contributed by atoms with Gasteiger partial charge in [0.1, 0.15) is 5.82 Å². The van der Waals surface area contributed by atoms with Gasteiger partial charge in [-0.2, -0.15) is 0 Å². The lowest BCUT2D eigenvalue weighted by Crippen LogP contribution is -1.95. The van der Waals surface area contributed by atoms with Gasteiger partial charge in [0.15, 0.2) is 11.0 Å². The van der Waals surface area contributed by atoms with E-state index in [1.165, 1.54) is 6.07 Å². The molecule has 0 aliphatic carbocycles. The minimum absolute atomic E-state index is 0.269. The van der Waals surface area contributed by atoms with E-state index in [0.717, 1.165) is 0 Å². The summed E-state index contributed by atoms with van der Waals surface area (Å²) >= 11 is 0. The summed E-state index contributed by atoms with van der Waals surface area (Å²) in [6.07, 6.45) is 0. The van der Waals surface area contributed by atoms with Gasteiger partial charge in [-0.1, -0.05) is 6.07 Å². The molecule has 0 amide bonds. The Morgan fingerprint density at radius 2 is 1.95 bits per heavy atom. The van der Waals surface area contributed by atoms with E-state index in [4.69, 9.17) is 5.73 Å². The fourth-order valence-electron chi connectivity index (χ4n) is 1.81. The summed E-state index contributed by atoms with van der Waals surface area (Å²) in [5.74, 6) is -0.269. The quantitative estimate of drug-likeness (QED) is 0.691. The molecule has 0 aliphatic rings. The number of aryl methyl sites for hydroxylation is 1. The van der Waals surface area contributed by atoms with Crippen LogP contribution >= 0.6 is 0 Å². The van der Waals surface area contributed by atoms with Crippen LogP contribution in [0.15, 0.2) is 35.0 Å². The molecule has 0 saturated heterocycles. The number of nitrogens with one attached hydrogen (secondary N) is 1. The second-order valence-corrected chi connectivity index (χ2v) is 4.25. The van der Waals surface area contributed by atoms with Crippen molar-refractivity contribution in [1.82, 2.24) is 10.3 Å². The Kier molecular flexibility index (Phi) is 2.56. The number of hydrogen-bond acceptors (Lipinski definition) is 5. The van der Waals surface area contributed by atoms with E-state index in [1.807, 2.05) is 0 Å². The number of anilines is 3. The number of hydrogen-bond donors (Lipinski definition) is 2. The summed E-state index contributed by atoms with van der Waals surface area (Å²) < 4.78 is 18.2. The third kappa shape index (κ3) is 1.97. The minimum atomic E-state index is -0.269. The topological polar surface area (TPSA) is 77.0 Å². The van der Waals surface area contributed by atoms with Crippen molar-refractivity contribution in [2.75, 3.05) is 11.1 Å². The molecule has 0 radical (unpaired) electrons. The van der Waals surface area contributed by atoms with Gasteiger partial charge in [-0.15, -0.1) is 0 Å². The first-order chi connectivity index (χ1) is 9.15. The van der Waals surface area contributed by atoms with Gasteiger partial charge < -0.3 is 11.1 Å². The average molecular weight is 258 g/mol. The number of aromatic nitrogens is 2. The number of nitrogens with zero attached hydrogens (tertiary/aromatic N) is 2. The maximum atomic E-state index is 13.5. The van der Waals surface area contributed by atoms with Crippen molar-refractivity contribution >= 4 is 28.1 Å². The molecule has 0 aliphatic heterocycles. The lowest BCUT2D eigenvalue weighted by Gasteiger charge is -2.08. The predicted octanol–water partition coefficient (Wildman–Crippen LogP) is 3.00. The first kappa shape index (κ1) is 11.5. The number of rotatable bonds is 2. The molecule has 0 spiro atoms. The van der Waals surface area contributed by atoms with Gasteiger partial charge in [0.25, 0.3) is 0 Å². The highest BCUT2D eigenvalue weighted by atomic mass is 19.1. The van der Waals surface area contributed by atoms with Gasteiger partial charge in [-0.3, -0.25) is 0 Å². The molecule has 3 aromatic rings. The summed E-state index contributed by atoms with van der Waals surface area (Å²) in [5.41, 5.74) is 9.12. The van der Waals surface area contributed by atoms with Crippen LogP contribution in [0.5, 0.6) is 0 Å². The highest BCUT2D eigenvalue weighted by molar-refractivity contribution is 5.96. The predicted molar refractivity (Wildman–Crippen MR) is 70.6 cm³/mol. The minimum Gasteiger partial charge on any atom is -0.397 e. The van der Waals surface area contributed by atoms with Crippen LogP contribution in [0.25, 0.3) is 11.0 Å². The van der Waals surface area contributed by atoms with E-state index in [-0.39, 0.29) is 5.82 Å². The maximum Gasteiger partial charge on any atom is 0.160 e. The summed E-state index contributed by atoms with van der Waals surface area (Å²) in [5, 5.41) is 10.6. The Morgan fingerprint density at radius 3 is 2.74 bits per heavy atom. The molecule has 0 saturated carbocycles. The Morgan fingerprint density at radius 1 is 1.16 bits per heavy atom. The lowest BCUT2D eigenvalue weighted by molar-refractivity contribution is 0.316. The summed E-state index contributed by atoms with van der Waals surface area (Å²) in [7, 11) is 0. The second kappa shape index (κ2) is 4.24. The Labute approximate surface area is 108 Å². The smallest absolute Gasteiger partial charge is 0.160 e. The fourth-order valence-corrected chi connectivity index (χ4v) is 1.81. The van der Waals surface area contributed by atoms with Crippen LogP contribution in [0.2, 0.25) is 0 Å². The van der Waals surface area contributed by atoms with E-state index in [0.29, 0.717) is 33.7 Å². The number of nitrogens with two attached hydrogens (primary N) is 1. The van der Waals surface area contributed by atoms with Gasteiger partial charge in [0.05, 0.1) is 11.4 Å². The van der Waals surface area contributed by atoms with Gasteiger partial charge in [0.2, 0.25) is 0 Å².